The molecule has 0 radical (unpaired) electrons. The molecule has 0 aromatic rings. The van der Waals surface area contributed by atoms with E-state index in [1.807, 2.05) is 34.6 Å². The molecule has 0 amide bonds. The molecule has 6 heteroatoms. The minimum atomic E-state index is -0.790. The van der Waals surface area contributed by atoms with Crippen molar-refractivity contribution in [3.8, 4) is 0 Å². The van der Waals surface area contributed by atoms with Crippen LogP contribution >= 0.6 is 0 Å². The van der Waals surface area contributed by atoms with Crippen molar-refractivity contribution in [1.29, 1.82) is 0 Å². The molecule has 6 nitrogen and oxygen atoms in total. The molecule has 1 N–H and O–H groups in total. The van der Waals surface area contributed by atoms with Gasteiger partial charge in [0.15, 0.2) is 0 Å². The molecule has 140 valence electrons. The Kier molecular flexibility index (Phi) is 8.64. The minimum absolute atomic E-state index is 0.00673. The van der Waals surface area contributed by atoms with Gasteiger partial charge in [-0.3, -0.25) is 0 Å². The summed E-state index contributed by atoms with van der Waals surface area (Å²) in [5.74, 6) is -1.26. The summed E-state index contributed by atoms with van der Waals surface area (Å²) in [4.78, 5) is 23.4. The van der Waals surface area contributed by atoms with Gasteiger partial charge in [0.25, 0.3) is 0 Å². The van der Waals surface area contributed by atoms with Crippen LogP contribution in [0.5, 0.6) is 0 Å². The number of ether oxygens (including phenoxy) is 3. The molecule has 0 rings (SSSR count). The molecule has 0 bridgehead atoms. The average Bonchev–Trinajstić information content (AvgIpc) is 2.39. The summed E-state index contributed by atoms with van der Waals surface area (Å²) in [7, 11) is 0. The van der Waals surface area contributed by atoms with Crippen LogP contribution in [0.15, 0.2) is 12.2 Å². The van der Waals surface area contributed by atoms with E-state index in [2.05, 4.69) is 0 Å². The molecule has 0 saturated carbocycles. The van der Waals surface area contributed by atoms with Crippen molar-refractivity contribution in [2.45, 2.75) is 66.1 Å². The highest BCUT2D eigenvalue weighted by Gasteiger charge is 2.39. The maximum Gasteiger partial charge on any atom is 0.331 e. The Labute approximate surface area is 145 Å². The number of aliphatic hydroxyl groups excluding tert-OH is 1. The largest absolute Gasteiger partial charge is 0.460 e. The Morgan fingerprint density at radius 1 is 0.917 bits per heavy atom. The van der Waals surface area contributed by atoms with Gasteiger partial charge in [0.05, 0.1) is 12.2 Å². The SMILES string of the molecule is CC(C)(C)OCCOC(=O)/C=C/C(=O)OC(C)(C)C(C)(C)CCO. The molecule has 0 aromatic heterocycles. The number of esters is 2. The summed E-state index contributed by atoms with van der Waals surface area (Å²) in [6.45, 7) is 13.5. The van der Waals surface area contributed by atoms with Crippen molar-refractivity contribution in [3.05, 3.63) is 12.2 Å². The Hall–Kier alpha value is -1.40. The van der Waals surface area contributed by atoms with Gasteiger partial charge in [-0.15, -0.1) is 0 Å². The van der Waals surface area contributed by atoms with E-state index >= 15 is 0 Å². The highest BCUT2D eigenvalue weighted by atomic mass is 16.6. The lowest BCUT2D eigenvalue weighted by molar-refractivity contribution is -0.163. The Morgan fingerprint density at radius 3 is 1.96 bits per heavy atom. The smallest absolute Gasteiger partial charge is 0.331 e. The summed E-state index contributed by atoms with van der Waals surface area (Å²) in [5.41, 5.74) is -1.49. The van der Waals surface area contributed by atoms with E-state index in [0.29, 0.717) is 6.42 Å². The van der Waals surface area contributed by atoms with Crippen molar-refractivity contribution in [2.75, 3.05) is 19.8 Å². The number of hydrogen-bond donors (Lipinski definition) is 1. The number of carbonyl (C=O) groups excluding carboxylic acids is 2. The molecule has 0 aliphatic heterocycles. The third-order valence-corrected chi connectivity index (χ3v) is 3.94. The van der Waals surface area contributed by atoms with Gasteiger partial charge < -0.3 is 19.3 Å². The topological polar surface area (TPSA) is 82.1 Å². The molecular formula is C18H32O6. The van der Waals surface area contributed by atoms with Gasteiger partial charge in [0.1, 0.15) is 12.2 Å². The standard InChI is InChI=1S/C18H32O6/c1-16(2,3)23-13-12-22-14(20)8-9-15(21)24-18(6,7)17(4,5)10-11-19/h8-9,19H,10-13H2,1-7H3/b9-8+. The lowest BCUT2D eigenvalue weighted by atomic mass is 9.75. The fourth-order valence-electron chi connectivity index (χ4n) is 1.68. The van der Waals surface area contributed by atoms with Crippen molar-refractivity contribution >= 4 is 11.9 Å². The maximum atomic E-state index is 11.9. The molecule has 0 unspecified atom stereocenters. The van der Waals surface area contributed by atoms with Gasteiger partial charge >= 0.3 is 11.9 Å². The maximum absolute atomic E-state index is 11.9. The summed E-state index contributed by atoms with van der Waals surface area (Å²) in [5, 5.41) is 9.10. The molecule has 0 spiro atoms. The molecule has 0 atom stereocenters. The first-order valence-electron chi connectivity index (χ1n) is 8.13. The predicted octanol–water partition coefficient (Wildman–Crippen LogP) is 2.63. The first-order chi connectivity index (χ1) is 10.8. The first-order valence-corrected chi connectivity index (χ1v) is 8.13. The second-order valence-corrected chi connectivity index (χ2v) is 7.75. The quantitative estimate of drug-likeness (QED) is 0.393. The lowest BCUT2D eigenvalue weighted by Gasteiger charge is -2.40. The summed E-state index contributed by atoms with van der Waals surface area (Å²) >= 11 is 0. The van der Waals surface area contributed by atoms with E-state index in [0.717, 1.165) is 12.2 Å². The fourth-order valence-corrected chi connectivity index (χ4v) is 1.68. The van der Waals surface area contributed by atoms with Gasteiger partial charge in [0.2, 0.25) is 0 Å². The molecule has 0 aliphatic rings. The van der Waals surface area contributed by atoms with E-state index in [-0.39, 0.29) is 25.4 Å². The van der Waals surface area contributed by atoms with E-state index in [4.69, 9.17) is 19.3 Å². The molecule has 0 saturated heterocycles. The number of rotatable bonds is 9. The Balaban J connectivity index is 4.35. The lowest BCUT2D eigenvalue weighted by Crippen LogP contribution is -2.43. The second-order valence-electron chi connectivity index (χ2n) is 7.75. The third kappa shape index (κ3) is 9.03. The molecule has 0 heterocycles. The zero-order valence-corrected chi connectivity index (χ0v) is 16.0. The average molecular weight is 344 g/mol. The van der Waals surface area contributed by atoms with Gasteiger partial charge in [-0.05, 0) is 41.0 Å². The van der Waals surface area contributed by atoms with Crippen LogP contribution in [-0.4, -0.2) is 48.1 Å². The second kappa shape index (κ2) is 9.18. The van der Waals surface area contributed by atoms with Crippen LogP contribution < -0.4 is 0 Å². The highest BCUT2D eigenvalue weighted by molar-refractivity contribution is 5.91. The predicted molar refractivity (Wildman–Crippen MR) is 91.5 cm³/mol. The van der Waals surface area contributed by atoms with Crippen molar-refractivity contribution in [1.82, 2.24) is 0 Å². The van der Waals surface area contributed by atoms with Crippen molar-refractivity contribution in [2.24, 2.45) is 5.41 Å². The van der Waals surface area contributed by atoms with Crippen LogP contribution in [0.25, 0.3) is 0 Å². The van der Waals surface area contributed by atoms with Crippen molar-refractivity contribution in [3.63, 3.8) is 0 Å². The van der Waals surface area contributed by atoms with Gasteiger partial charge in [-0.1, -0.05) is 13.8 Å². The molecule has 0 fully saturated rings. The van der Waals surface area contributed by atoms with E-state index in [9.17, 15) is 9.59 Å². The van der Waals surface area contributed by atoms with Crippen LogP contribution in [0.3, 0.4) is 0 Å². The van der Waals surface area contributed by atoms with Gasteiger partial charge in [0, 0.05) is 24.2 Å². The molecule has 0 aliphatic carbocycles. The zero-order chi connectivity index (χ0) is 19.0. The van der Waals surface area contributed by atoms with Crippen molar-refractivity contribution < 1.29 is 28.9 Å². The van der Waals surface area contributed by atoms with Crippen LogP contribution in [0.4, 0.5) is 0 Å². The van der Waals surface area contributed by atoms with Crippen LogP contribution in [-0.2, 0) is 23.8 Å². The summed E-state index contributed by atoms with van der Waals surface area (Å²) in [6, 6.07) is 0. The molecular weight excluding hydrogens is 312 g/mol. The number of carbonyl (C=O) groups is 2. The van der Waals surface area contributed by atoms with E-state index in [1.165, 1.54) is 0 Å². The van der Waals surface area contributed by atoms with E-state index < -0.39 is 23.0 Å². The Morgan fingerprint density at radius 2 is 1.46 bits per heavy atom. The van der Waals surface area contributed by atoms with Gasteiger partial charge in [-0.2, -0.15) is 0 Å². The monoisotopic (exact) mass is 344 g/mol. The summed E-state index contributed by atoms with van der Waals surface area (Å²) < 4.78 is 15.8. The fraction of sp³-hybridized carbons (Fsp3) is 0.778. The zero-order valence-electron chi connectivity index (χ0n) is 16.0. The van der Waals surface area contributed by atoms with Crippen LogP contribution in [0.2, 0.25) is 0 Å². The molecule has 24 heavy (non-hydrogen) atoms. The van der Waals surface area contributed by atoms with Gasteiger partial charge in [-0.25, -0.2) is 9.59 Å². The van der Waals surface area contributed by atoms with Crippen LogP contribution in [0.1, 0.15) is 54.9 Å². The first kappa shape index (κ1) is 22.6. The minimum Gasteiger partial charge on any atom is -0.460 e. The third-order valence-electron chi connectivity index (χ3n) is 3.94. The normalized spacial score (nSPS) is 13.2. The number of aliphatic hydroxyl groups is 1. The number of hydrogen-bond acceptors (Lipinski definition) is 6. The highest BCUT2D eigenvalue weighted by Crippen LogP contribution is 2.36. The van der Waals surface area contributed by atoms with Crippen LogP contribution in [0, 0.1) is 5.41 Å². The summed E-state index contributed by atoms with van der Waals surface area (Å²) in [6.07, 6.45) is 2.57. The van der Waals surface area contributed by atoms with E-state index in [1.54, 1.807) is 13.8 Å². The Bertz CT molecular complexity index is 443. The molecule has 0 aromatic carbocycles.